The summed E-state index contributed by atoms with van der Waals surface area (Å²) in [6.07, 6.45) is 5.73. The standard InChI is InChI=1S/C27H27N3O3/c1-2-28-27(17-30(31)32)29-16-26-22(13-14-33-26)20-8-7-19-10-11-23-21-6-4-3-5-18(21)9-12-24(23)25(19)15-20/h3-6,9-14,17,20,28-29H,2,7-8,15-16H2,1H3. The molecule has 0 saturated heterocycles. The van der Waals surface area contributed by atoms with Crippen LogP contribution in [-0.4, -0.2) is 11.5 Å². The zero-order valence-electron chi connectivity index (χ0n) is 18.6. The maximum absolute atomic E-state index is 10.9. The maximum Gasteiger partial charge on any atom is 0.274 e. The molecule has 0 amide bonds. The van der Waals surface area contributed by atoms with Crippen LogP contribution < -0.4 is 10.6 Å². The van der Waals surface area contributed by atoms with Gasteiger partial charge in [-0.15, -0.1) is 0 Å². The van der Waals surface area contributed by atoms with E-state index in [2.05, 4.69) is 65.2 Å². The van der Waals surface area contributed by atoms with Gasteiger partial charge in [0.05, 0.1) is 17.7 Å². The molecule has 0 saturated carbocycles. The number of aryl methyl sites for hydroxylation is 1. The second-order valence-electron chi connectivity index (χ2n) is 8.54. The molecular formula is C27H27N3O3. The van der Waals surface area contributed by atoms with Crippen molar-refractivity contribution in [1.82, 2.24) is 10.6 Å². The van der Waals surface area contributed by atoms with Crippen LogP contribution in [0.5, 0.6) is 0 Å². The molecule has 0 fully saturated rings. The van der Waals surface area contributed by atoms with E-state index in [0.29, 0.717) is 24.8 Å². The number of rotatable bonds is 7. The zero-order valence-corrected chi connectivity index (χ0v) is 18.6. The third-order valence-corrected chi connectivity index (χ3v) is 6.61. The van der Waals surface area contributed by atoms with Crippen LogP contribution in [0, 0.1) is 10.1 Å². The summed E-state index contributed by atoms with van der Waals surface area (Å²) < 4.78 is 5.80. The van der Waals surface area contributed by atoms with Gasteiger partial charge in [-0.25, -0.2) is 0 Å². The fourth-order valence-electron chi connectivity index (χ4n) is 5.10. The molecule has 3 aromatic carbocycles. The molecule has 1 aliphatic carbocycles. The molecule has 0 aliphatic heterocycles. The lowest BCUT2D eigenvalue weighted by molar-refractivity contribution is -0.404. The molecule has 33 heavy (non-hydrogen) atoms. The Morgan fingerprint density at radius 2 is 1.94 bits per heavy atom. The van der Waals surface area contributed by atoms with E-state index in [0.717, 1.165) is 31.2 Å². The Morgan fingerprint density at radius 1 is 1.09 bits per heavy atom. The third kappa shape index (κ3) is 4.16. The van der Waals surface area contributed by atoms with Crippen molar-refractivity contribution in [3.63, 3.8) is 0 Å². The minimum absolute atomic E-state index is 0.354. The monoisotopic (exact) mass is 441 g/mol. The highest BCUT2D eigenvalue weighted by atomic mass is 16.6. The Kier molecular flexibility index (Phi) is 5.73. The number of nitrogens with one attached hydrogen (secondary N) is 2. The minimum Gasteiger partial charge on any atom is -0.467 e. The molecule has 2 N–H and O–H groups in total. The van der Waals surface area contributed by atoms with E-state index in [-0.39, 0.29) is 0 Å². The first-order chi connectivity index (χ1) is 16.1. The van der Waals surface area contributed by atoms with E-state index in [1.54, 1.807) is 6.26 Å². The maximum atomic E-state index is 10.9. The Bertz CT molecular complexity index is 1360. The highest BCUT2D eigenvalue weighted by Crippen LogP contribution is 2.39. The molecule has 0 spiro atoms. The van der Waals surface area contributed by atoms with Gasteiger partial charge in [0.2, 0.25) is 0 Å². The summed E-state index contributed by atoms with van der Waals surface area (Å²) in [6, 6.07) is 19.7. The molecule has 6 nitrogen and oxygen atoms in total. The predicted molar refractivity (Wildman–Crippen MR) is 131 cm³/mol. The Labute approximate surface area is 192 Å². The molecule has 4 aromatic rings. The highest BCUT2D eigenvalue weighted by molar-refractivity contribution is 6.08. The van der Waals surface area contributed by atoms with Gasteiger partial charge in [0.25, 0.3) is 6.20 Å². The van der Waals surface area contributed by atoms with Crippen LogP contribution in [0.3, 0.4) is 0 Å². The van der Waals surface area contributed by atoms with Gasteiger partial charge in [-0.2, -0.15) is 0 Å². The molecule has 6 heteroatoms. The van der Waals surface area contributed by atoms with E-state index in [9.17, 15) is 10.1 Å². The fourth-order valence-corrected chi connectivity index (χ4v) is 5.10. The highest BCUT2D eigenvalue weighted by Gasteiger charge is 2.25. The topological polar surface area (TPSA) is 80.3 Å². The second kappa shape index (κ2) is 8.98. The first-order valence-corrected chi connectivity index (χ1v) is 11.5. The van der Waals surface area contributed by atoms with Gasteiger partial charge >= 0.3 is 0 Å². The van der Waals surface area contributed by atoms with Gasteiger partial charge in [0.15, 0.2) is 5.82 Å². The summed E-state index contributed by atoms with van der Waals surface area (Å²) in [5.41, 5.74) is 4.04. The lowest BCUT2D eigenvalue weighted by Gasteiger charge is -2.26. The lowest BCUT2D eigenvalue weighted by atomic mass is 9.78. The van der Waals surface area contributed by atoms with Crippen molar-refractivity contribution in [3.05, 3.63) is 105 Å². The molecule has 0 bridgehead atoms. The molecule has 1 aromatic heterocycles. The van der Waals surface area contributed by atoms with E-state index in [4.69, 9.17) is 4.42 Å². The van der Waals surface area contributed by atoms with Crippen LogP contribution in [0.1, 0.15) is 41.7 Å². The van der Waals surface area contributed by atoms with Crippen molar-refractivity contribution in [2.24, 2.45) is 0 Å². The first kappa shape index (κ1) is 21.1. The van der Waals surface area contributed by atoms with Gasteiger partial charge in [0, 0.05) is 6.54 Å². The number of nitro groups is 1. The number of benzene rings is 3. The molecule has 5 rings (SSSR count). The van der Waals surface area contributed by atoms with Crippen LogP contribution in [-0.2, 0) is 19.4 Å². The average Bonchev–Trinajstić information content (AvgIpc) is 3.30. The lowest BCUT2D eigenvalue weighted by Crippen LogP contribution is -2.27. The van der Waals surface area contributed by atoms with Crippen LogP contribution >= 0.6 is 0 Å². The van der Waals surface area contributed by atoms with Crippen LogP contribution in [0.2, 0.25) is 0 Å². The van der Waals surface area contributed by atoms with Gasteiger partial charge in [-0.1, -0.05) is 48.5 Å². The predicted octanol–water partition coefficient (Wildman–Crippen LogP) is 5.63. The van der Waals surface area contributed by atoms with Crippen LogP contribution in [0.4, 0.5) is 0 Å². The minimum atomic E-state index is -0.457. The molecule has 0 radical (unpaired) electrons. The van der Waals surface area contributed by atoms with Crippen molar-refractivity contribution in [1.29, 1.82) is 0 Å². The van der Waals surface area contributed by atoms with E-state index in [1.165, 1.54) is 38.2 Å². The Morgan fingerprint density at radius 3 is 2.79 bits per heavy atom. The van der Waals surface area contributed by atoms with Crippen molar-refractivity contribution >= 4 is 21.5 Å². The van der Waals surface area contributed by atoms with Crippen molar-refractivity contribution < 1.29 is 9.34 Å². The number of fused-ring (bicyclic) bond motifs is 5. The summed E-state index contributed by atoms with van der Waals surface area (Å²) in [5, 5.41) is 22.2. The molecule has 1 unspecified atom stereocenters. The summed E-state index contributed by atoms with van der Waals surface area (Å²) in [7, 11) is 0. The number of nitrogens with zero attached hydrogens (tertiary/aromatic N) is 1. The SMILES string of the molecule is CCNC(=C[N+](=O)[O-])NCc1occc1C1CCc2ccc3c(ccc4ccccc43)c2C1. The van der Waals surface area contributed by atoms with Gasteiger partial charge < -0.3 is 15.1 Å². The van der Waals surface area contributed by atoms with Gasteiger partial charge in [0.1, 0.15) is 5.76 Å². The van der Waals surface area contributed by atoms with E-state index in [1.807, 2.05) is 6.92 Å². The summed E-state index contributed by atoms with van der Waals surface area (Å²) >= 11 is 0. The molecule has 1 heterocycles. The number of furan rings is 1. The average molecular weight is 442 g/mol. The van der Waals surface area contributed by atoms with Crippen molar-refractivity contribution in [3.8, 4) is 0 Å². The summed E-state index contributed by atoms with van der Waals surface area (Å²) in [5.74, 6) is 1.57. The van der Waals surface area contributed by atoms with Gasteiger partial charge in [-0.05, 0) is 76.4 Å². The number of hydrogen-bond donors (Lipinski definition) is 2. The zero-order chi connectivity index (χ0) is 22.8. The molecule has 1 atom stereocenters. The third-order valence-electron chi connectivity index (χ3n) is 6.61. The summed E-state index contributed by atoms with van der Waals surface area (Å²) in [4.78, 5) is 10.4. The quantitative estimate of drug-likeness (QED) is 0.221. The second-order valence-corrected chi connectivity index (χ2v) is 8.54. The van der Waals surface area contributed by atoms with E-state index >= 15 is 0 Å². The van der Waals surface area contributed by atoms with E-state index < -0.39 is 4.92 Å². The first-order valence-electron chi connectivity index (χ1n) is 11.5. The van der Waals surface area contributed by atoms with Crippen molar-refractivity contribution in [2.45, 2.75) is 38.6 Å². The normalized spacial score (nSPS) is 16.0. The van der Waals surface area contributed by atoms with Crippen molar-refractivity contribution in [2.75, 3.05) is 6.54 Å². The fraction of sp³-hybridized carbons (Fsp3) is 0.259. The Hall–Kier alpha value is -3.80. The molecular weight excluding hydrogens is 414 g/mol. The Balaban J connectivity index is 1.43. The molecule has 168 valence electrons. The van der Waals surface area contributed by atoms with Crippen LogP contribution in [0.15, 0.2) is 77.3 Å². The molecule has 1 aliphatic rings. The smallest absolute Gasteiger partial charge is 0.274 e. The summed E-state index contributed by atoms with van der Waals surface area (Å²) in [6.45, 7) is 2.90. The largest absolute Gasteiger partial charge is 0.467 e. The van der Waals surface area contributed by atoms with Gasteiger partial charge in [-0.3, -0.25) is 10.1 Å². The van der Waals surface area contributed by atoms with Crippen LogP contribution in [0.25, 0.3) is 21.5 Å². The number of hydrogen-bond acceptors (Lipinski definition) is 5.